The number of fused-ring (bicyclic) bond motifs is 1. The highest BCUT2D eigenvalue weighted by atomic mass is 16.6. The van der Waals surface area contributed by atoms with Gasteiger partial charge < -0.3 is 10.6 Å². The molecule has 1 aliphatic carbocycles. The van der Waals surface area contributed by atoms with Gasteiger partial charge in [-0.15, -0.1) is 0 Å². The van der Waals surface area contributed by atoms with E-state index in [0.717, 1.165) is 25.8 Å². The van der Waals surface area contributed by atoms with E-state index >= 15 is 0 Å². The quantitative estimate of drug-likeness (QED) is 0.669. The van der Waals surface area contributed by atoms with Gasteiger partial charge in [-0.2, -0.15) is 0 Å². The standard InChI is InChI=1S/C16H21N3O3/c1-10-12(5-3-7-15(10)19(21)22)16(20)18-8-11-4-2-6-14(17)13(11)9-18/h3,5,7,11,13-14H,2,4,6,8-9,17H2,1H3. The summed E-state index contributed by atoms with van der Waals surface area (Å²) in [6.07, 6.45) is 3.27. The van der Waals surface area contributed by atoms with Gasteiger partial charge in [0, 0.05) is 36.3 Å². The van der Waals surface area contributed by atoms with Crippen LogP contribution in [0.25, 0.3) is 0 Å². The fourth-order valence-electron chi connectivity index (χ4n) is 3.91. The number of nitrogens with zero attached hydrogens (tertiary/aromatic N) is 2. The fourth-order valence-corrected chi connectivity index (χ4v) is 3.91. The maximum absolute atomic E-state index is 12.8. The highest BCUT2D eigenvalue weighted by Gasteiger charge is 2.40. The molecule has 3 atom stereocenters. The molecule has 3 unspecified atom stereocenters. The highest BCUT2D eigenvalue weighted by molar-refractivity contribution is 5.96. The number of nitrogens with two attached hydrogens (primary N) is 1. The minimum absolute atomic E-state index is 0.000773. The first-order valence-electron chi connectivity index (χ1n) is 7.78. The topological polar surface area (TPSA) is 89.5 Å². The molecule has 6 nitrogen and oxygen atoms in total. The molecule has 1 saturated carbocycles. The number of hydrogen-bond acceptors (Lipinski definition) is 4. The summed E-state index contributed by atoms with van der Waals surface area (Å²) >= 11 is 0. The van der Waals surface area contributed by atoms with Gasteiger partial charge in [0.05, 0.1) is 4.92 Å². The summed E-state index contributed by atoms with van der Waals surface area (Å²) in [5, 5.41) is 11.0. The van der Waals surface area contributed by atoms with Crippen LogP contribution in [-0.2, 0) is 0 Å². The maximum atomic E-state index is 12.8. The molecule has 22 heavy (non-hydrogen) atoms. The second-order valence-electron chi connectivity index (χ2n) is 6.44. The molecule has 118 valence electrons. The molecule has 3 rings (SSSR count). The fraction of sp³-hybridized carbons (Fsp3) is 0.562. The van der Waals surface area contributed by atoms with Gasteiger partial charge in [0.2, 0.25) is 0 Å². The molecular weight excluding hydrogens is 282 g/mol. The highest BCUT2D eigenvalue weighted by Crippen LogP contribution is 2.36. The van der Waals surface area contributed by atoms with Crippen molar-refractivity contribution in [2.75, 3.05) is 13.1 Å². The molecule has 1 aromatic rings. The molecule has 0 radical (unpaired) electrons. The van der Waals surface area contributed by atoms with E-state index in [2.05, 4.69) is 0 Å². The molecule has 2 aliphatic rings. The van der Waals surface area contributed by atoms with Gasteiger partial charge in [0.25, 0.3) is 11.6 Å². The van der Waals surface area contributed by atoms with E-state index in [4.69, 9.17) is 5.73 Å². The summed E-state index contributed by atoms with van der Waals surface area (Å²) in [4.78, 5) is 25.2. The Bertz CT molecular complexity index is 617. The van der Waals surface area contributed by atoms with Crippen molar-refractivity contribution in [2.24, 2.45) is 17.6 Å². The third-order valence-electron chi connectivity index (χ3n) is 5.17. The van der Waals surface area contributed by atoms with Gasteiger partial charge in [-0.1, -0.05) is 12.5 Å². The normalized spacial score (nSPS) is 27.5. The summed E-state index contributed by atoms with van der Waals surface area (Å²) in [6.45, 7) is 3.03. The van der Waals surface area contributed by atoms with Crippen LogP contribution in [0.1, 0.15) is 35.2 Å². The van der Waals surface area contributed by atoms with Gasteiger partial charge in [-0.3, -0.25) is 14.9 Å². The van der Waals surface area contributed by atoms with E-state index in [9.17, 15) is 14.9 Å². The maximum Gasteiger partial charge on any atom is 0.273 e. The average Bonchev–Trinajstić information content (AvgIpc) is 2.92. The van der Waals surface area contributed by atoms with Crippen molar-refractivity contribution in [1.82, 2.24) is 4.90 Å². The van der Waals surface area contributed by atoms with Crippen molar-refractivity contribution in [1.29, 1.82) is 0 Å². The van der Waals surface area contributed by atoms with E-state index in [0.29, 0.717) is 29.5 Å². The number of carbonyl (C=O) groups is 1. The van der Waals surface area contributed by atoms with Crippen molar-refractivity contribution in [3.05, 3.63) is 39.4 Å². The Morgan fingerprint density at radius 3 is 2.82 bits per heavy atom. The zero-order chi connectivity index (χ0) is 15.9. The van der Waals surface area contributed by atoms with Gasteiger partial charge >= 0.3 is 0 Å². The van der Waals surface area contributed by atoms with Gasteiger partial charge in [0.1, 0.15) is 0 Å². The first kappa shape index (κ1) is 15.0. The molecule has 1 heterocycles. The lowest BCUT2D eigenvalue weighted by atomic mass is 9.78. The number of nitro benzene ring substituents is 1. The summed E-state index contributed by atoms with van der Waals surface area (Å²) in [5.41, 5.74) is 7.06. The summed E-state index contributed by atoms with van der Waals surface area (Å²) < 4.78 is 0. The number of nitro groups is 1. The van der Waals surface area contributed by atoms with Gasteiger partial charge in [-0.25, -0.2) is 0 Å². The minimum atomic E-state index is -0.439. The number of likely N-dealkylation sites (tertiary alicyclic amines) is 1. The lowest BCUT2D eigenvalue weighted by Crippen LogP contribution is -2.38. The van der Waals surface area contributed by atoms with Crippen LogP contribution >= 0.6 is 0 Å². The summed E-state index contributed by atoms with van der Waals surface area (Å²) in [7, 11) is 0. The first-order valence-corrected chi connectivity index (χ1v) is 7.78. The van der Waals surface area contributed by atoms with E-state index in [1.807, 2.05) is 4.90 Å². The predicted molar refractivity (Wildman–Crippen MR) is 82.5 cm³/mol. The van der Waals surface area contributed by atoms with E-state index in [-0.39, 0.29) is 17.6 Å². The molecule has 1 amide bonds. The molecular formula is C16H21N3O3. The Kier molecular flexibility index (Phi) is 3.87. The molecule has 0 aromatic heterocycles. The van der Waals surface area contributed by atoms with Crippen LogP contribution in [0, 0.1) is 28.9 Å². The Hall–Kier alpha value is -1.95. The zero-order valence-corrected chi connectivity index (χ0v) is 12.7. The molecule has 1 aliphatic heterocycles. The molecule has 1 saturated heterocycles. The smallest absolute Gasteiger partial charge is 0.273 e. The van der Waals surface area contributed by atoms with Gasteiger partial charge in [-0.05, 0) is 37.7 Å². The van der Waals surface area contributed by atoms with Crippen molar-refractivity contribution >= 4 is 11.6 Å². The lowest BCUT2D eigenvalue weighted by Gasteiger charge is -2.29. The number of hydrogen-bond donors (Lipinski definition) is 1. The number of benzene rings is 1. The van der Waals surface area contributed by atoms with Crippen LogP contribution in [-0.4, -0.2) is 34.9 Å². The molecule has 1 aromatic carbocycles. The molecule has 2 fully saturated rings. The SMILES string of the molecule is Cc1c(C(=O)N2CC3CCCC(N)C3C2)cccc1[N+](=O)[O-]. The van der Waals surface area contributed by atoms with Crippen LogP contribution in [0.2, 0.25) is 0 Å². The number of carbonyl (C=O) groups excluding carboxylic acids is 1. The van der Waals surface area contributed by atoms with E-state index < -0.39 is 4.92 Å². The molecule has 0 bridgehead atoms. The van der Waals surface area contributed by atoms with E-state index in [1.165, 1.54) is 6.07 Å². The van der Waals surface area contributed by atoms with Crippen LogP contribution in [0.4, 0.5) is 5.69 Å². The van der Waals surface area contributed by atoms with Crippen LogP contribution in [0.3, 0.4) is 0 Å². The Morgan fingerprint density at radius 1 is 1.36 bits per heavy atom. The Balaban J connectivity index is 1.83. The molecule has 2 N–H and O–H groups in total. The van der Waals surface area contributed by atoms with Crippen molar-refractivity contribution in [3.63, 3.8) is 0 Å². The van der Waals surface area contributed by atoms with E-state index in [1.54, 1.807) is 19.1 Å². The summed E-state index contributed by atoms with van der Waals surface area (Å²) in [6, 6.07) is 4.86. The van der Waals surface area contributed by atoms with Crippen molar-refractivity contribution < 1.29 is 9.72 Å². The third-order valence-corrected chi connectivity index (χ3v) is 5.17. The zero-order valence-electron chi connectivity index (χ0n) is 12.7. The predicted octanol–water partition coefficient (Wildman–Crippen LogP) is 2.10. The Labute approximate surface area is 129 Å². The largest absolute Gasteiger partial charge is 0.338 e. The second-order valence-corrected chi connectivity index (χ2v) is 6.44. The first-order chi connectivity index (χ1) is 10.5. The number of rotatable bonds is 2. The number of amides is 1. The van der Waals surface area contributed by atoms with Crippen molar-refractivity contribution in [3.8, 4) is 0 Å². The van der Waals surface area contributed by atoms with Crippen LogP contribution < -0.4 is 5.73 Å². The monoisotopic (exact) mass is 303 g/mol. The lowest BCUT2D eigenvalue weighted by molar-refractivity contribution is -0.385. The minimum Gasteiger partial charge on any atom is -0.338 e. The Morgan fingerprint density at radius 2 is 2.14 bits per heavy atom. The van der Waals surface area contributed by atoms with Gasteiger partial charge in [0.15, 0.2) is 0 Å². The summed E-state index contributed by atoms with van der Waals surface area (Å²) in [5.74, 6) is 0.742. The molecule has 0 spiro atoms. The second kappa shape index (κ2) is 5.68. The van der Waals surface area contributed by atoms with Crippen LogP contribution in [0.5, 0.6) is 0 Å². The molecule has 6 heteroatoms. The van der Waals surface area contributed by atoms with Crippen LogP contribution in [0.15, 0.2) is 18.2 Å². The average molecular weight is 303 g/mol. The third kappa shape index (κ3) is 2.47. The van der Waals surface area contributed by atoms with Crippen molar-refractivity contribution in [2.45, 2.75) is 32.2 Å².